The molecule has 3 aromatic heterocycles. The Balaban J connectivity index is 0.000000220. The molecule has 0 spiro atoms. The summed E-state index contributed by atoms with van der Waals surface area (Å²) in [6, 6.07) is 20.2. The van der Waals surface area contributed by atoms with Crippen molar-refractivity contribution < 1.29 is 35.1 Å². The van der Waals surface area contributed by atoms with Gasteiger partial charge in [-0.2, -0.15) is 0 Å². The Morgan fingerprint density at radius 2 is 0.864 bits per heavy atom. The third-order valence-electron chi connectivity index (χ3n) is 7.20. The quantitative estimate of drug-likeness (QED) is 0.0844. The second-order valence-corrected chi connectivity index (χ2v) is 18.5. The van der Waals surface area contributed by atoms with E-state index in [9.17, 15) is 45.5 Å². The van der Waals surface area contributed by atoms with Crippen LogP contribution in [-0.4, -0.2) is 65.0 Å². The van der Waals surface area contributed by atoms with E-state index in [0.717, 1.165) is 47.8 Å². The number of nitro groups is 2. The fourth-order valence-electron chi connectivity index (χ4n) is 4.39. The van der Waals surface area contributed by atoms with Gasteiger partial charge in [0.15, 0.2) is 19.7 Å². The van der Waals surface area contributed by atoms with Gasteiger partial charge in [-0.25, -0.2) is 55.2 Å². The third kappa shape index (κ3) is 15.7. The molecule has 0 radical (unpaired) electrons. The zero-order valence-electron chi connectivity index (χ0n) is 31.2. The van der Waals surface area contributed by atoms with Gasteiger partial charge in [-0.1, -0.05) is 0 Å². The molecule has 24 heteroatoms. The molecule has 20 nitrogen and oxygen atoms in total. The molecule has 0 amide bonds. The van der Waals surface area contributed by atoms with Crippen molar-refractivity contribution in [3.63, 3.8) is 0 Å². The van der Waals surface area contributed by atoms with E-state index >= 15 is 0 Å². The highest BCUT2D eigenvalue weighted by Gasteiger charge is 2.18. The molecular weight excluding hydrogens is 852 g/mol. The van der Waals surface area contributed by atoms with Crippen LogP contribution in [-0.2, 0) is 40.2 Å². The van der Waals surface area contributed by atoms with E-state index < -0.39 is 38.6 Å². The number of rotatable bonds is 9. The minimum Gasteiger partial charge on any atom is -0.399 e. The lowest BCUT2D eigenvalue weighted by Crippen LogP contribution is -2.07. The third-order valence-corrected chi connectivity index (χ3v) is 11.9. The molecule has 0 unspecified atom stereocenters. The predicted octanol–water partition coefficient (Wildman–Crippen LogP) is 4.90. The normalized spacial score (nSPS) is 11.0. The number of anilines is 2. The van der Waals surface area contributed by atoms with Crippen LogP contribution in [0.2, 0.25) is 0 Å². The summed E-state index contributed by atoms with van der Waals surface area (Å²) in [5, 5.41) is 20.7. The number of benzene rings is 3. The van der Waals surface area contributed by atoms with E-state index in [-0.39, 0.29) is 37.6 Å². The number of aryl methyl sites for hydroxylation is 3. The number of nitro benzene ring substituents is 2. The number of hydrogen-bond acceptors (Lipinski definition) is 18. The van der Waals surface area contributed by atoms with Crippen LogP contribution in [0.4, 0.5) is 22.9 Å². The van der Waals surface area contributed by atoms with Crippen molar-refractivity contribution in [2.45, 2.75) is 47.0 Å². The minimum absolute atomic E-state index is 0.0272. The Morgan fingerprint density at radius 3 is 1.17 bits per heavy atom. The van der Waals surface area contributed by atoms with Gasteiger partial charge in [0.1, 0.15) is 24.8 Å². The molecule has 0 saturated carbocycles. The summed E-state index contributed by atoms with van der Waals surface area (Å²) in [6.45, 7) is 5.41. The molecule has 0 fully saturated rings. The summed E-state index contributed by atoms with van der Waals surface area (Å²) in [7, 11) is -5.78. The molecule has 6 rings (SSSR count). The van der Waals surface area contributed by atoms with Crippen molar-refractivity contribution in [1.82, 2.24) is 29.9 Å². The van der Waals surface area contributed by atoms with E-state index in [1.54, 1.807) is 44.2 Å². The fraction of sp³-hybridized carbons (Fsp3) is 0.143. The molecule has 6 aromatic rings. The van der Waals surface area contributed by atoms with Gasteiger partial charge in [0.25, 0.3) is 20.4 Å². The maximum absolute atomic E-state index is 12.2. The van der Waals surface area contributed by atoms with Gasteiger partial charge in [0.2, 0.25) is 0 Å². The number of sulfone groups is 2. The van der Waals surface area contributed by atoms with E-state index in [1.165, 1.54) is 43.2 Å². The van der Waals surface area contributed by atoms with Crippen LogP contribution >= 0.6 is 10.7 Å². The van der Waals surface area contributed by atoms with Crippen molar-refractivity contribution in [2.24, 2.45) is 0 Å². The van der Waals surface area contributed by atoms with Crippen molar-refractivity contribution in [3.05, 3.63) is 159 Å². The van der Waals surface area contributed by atoms with Gasteiger partial charge in [-0.05, 0) is 81.4 Å². The summed E-state index contributed by atoms with van der Waals surface area (Å²) in [5.41, 5.74) is 14.2. The average Bonchev–Trinajstić information content (AvgIpc) is 3.15. The van der Waals surface area contributed by atoms with E-state index in [0.29, 0.717) is 28.6 Å². The maximum atomic E-state index is 12.2. The Hall–Kier alpha value is -6.56. The fourth-order valence-corrected chi connectivity index (χ4v) is 7.69. The molecule has 0 saturated heterocycles. The zero-order chi connectivity index (χ0) is 44.0. The monoisotopic (exact) mass is 886 g/mol. The number of nitrogens with zero attached hydrogens (tertiary/aromatic N) is 8. The van der Waals surface area contributed by atoms with Crippen LogP contribution in [0, 0.1) is 41.0 Å². The van der Waals surface area contributed by atoms with Gasteiger partial charge in [-0.15, -0.1) is 0 Å². The molecule has 4 N–H and O–H groups in total. The summed E-state index contributed by atoms with van der Waals surface area (Å²) in [4.78, 5) is 42.9. The Kier molecular flexibility index (Phi) is 16.5. The van der Waals surface area contributed by atoms with Crippen molar-refractivity contribution >= 4 is 62.3 Å². The number of nitrogen functional groups attached to an aromatic ring is 2. The molecule has 3 aromatic carbocycles. The molecule has 0 atom stereocenters. The Bertz CT molecular complexity index is 2710. The summed E-state index contributed by atoms with van der Waals surface area (Å²) in [6.07, 6.45) is 4.11. The molecule has 0 aliphatic carbocycles. The highest BCUT2D eigenvalue weighted by molar-refractivity contribution is 8.13. The smallest absolute Gasteiger partial charge is 0.269 e. The largest absolute Gasteiger partial charge is 0.399 e. The number of aromatic nitrogens is 6. The SMILES string of the molecule is Cc1cc(CS(=O)(=O)c2ccc(N)cc2)ncn1.Cc1cc(CS(=O)(=O)c2ccc([N+](=O)[O-])cc2)ncn1.Cc1cc(N)ncn1.O=[N+]([O-])c1ccc(S(=O)(=O)Cl)cc1. The van der Waals surface area contributed by atoms with E-state index in [4.69, 9.17) is 22.1 Å². The molecule has 0 aliphatic heterocycles. The van der Waals surface area contributed by atoms with E-state index in [1.807, 2.05) is 6.92 Å². The summed E-state index contributed by atoms with van der Waals surface area (Å²) < 4.78 is 70.0. The van der Waals surface area contributed by atoms with Crippen molar-refractivity contribution in [2.75, 3.05) is 11.5 Å². The van der Waals surface area contributed by atoms with Gasteiger partial charge in [-0.3, -0.25) is 20.2 Å². The van der Waals surface area contributed by atoms with Gasteiger partial charge in [0.05, 0.1) is 47.4 Å². The average molecular weight is 887 g/mol. The van der Waals surface area contributed by atoms with Crippen LogP contribution in [0.1, 0.15) is 28.5 Å². The molecule has 59 heavy (non-hydrogen) atoms. The lowest BCUT2D eigenvalue weighted by Gasteiger charge is -2.04. The summed E-state index contributed by atoms with van der Waals surface area (Å²) in [5.74, 6) is 0.117. The number of non-ortho nitro benzene ring substituents is 2. The van der Waals surface area contributed by atoms with Crippen LogP contribution in [0.15, 0.2) is 125 Å². The van der Waals surface area contributed by atoms with Crippen molar-refractivity contribution in [1.29, 1.82) is 0 Å². The lowest BCUT2D eigenvalue weighted by molar-refractivity contribution is -0.385. The Morgan fingerprint density at radius 1 is 0.525 bits per heavy atom. The van der Waals surface area contributed by atoms with Crippen LogP contribution in [0.25, 0.3) is 0 Å². The number of nitrogens with two attached hydrogens (primary N) is 2. The Labute approximate surface area is 343 Å². The number of hydrogen-bond donors (Lipinski definition) is 2. The van der Waals surface area contributed by atoms with Gasteiger partial charge < -0.3 is 11.5 Å². The van der Waals surface area contributed by atoms with E-state index in [2.05, 4.69) is 29.9 Å². The van der Waals surface area contributed by atoms with Gasteiger partial charge >= 0.3 is 0 Å². The highest BCUT2D eigenvalue weighted by atomic mass is 35.7. The molecular formula is C35H35ClN10O10S3. The van der Waals surface area contributed by atoms with Crippen molar-refractivity contribution in [3.8, 4) is 0 Å². The predicted molar refractivity (Wildman–Crippen MR) is 217 cm³/mol. The first-order valence-electron chi connectivity index (χ1n) is 16.4. The zero-order valence-corrected chi connectivity index (χ0v) is 34.4. The van der Waals surface area contributed by atoms with Crippen LogP contribution < -0.4 is 11.5 Å². The first-order chi connectivity index (χ1) is 27.6. The molecule has 310 valence electrons. The lowest BCUT2D eigenvalue weighted by atomic mass is 10.3. The van der Waals surface area contributed by atoms with Gasteiger partial charge in [0, 0.05) is 63.8 Å². The standard InChI is InChI=1S/C12H11N3O4S.C12H13N3O2S.C6H4ClNO4S.C5H7N3/c1-9-6-10(14-8-13-9)7-20(18,19)12-4-2-11(3-5-12)15(16)17;1-9-6-11(15-8-14-9)7-18(16,17)12-4-2-10(13)3-5-12;7-13(11,12)6-3-1-5(2-4-6)8(9)10;1-4-2-5(6)8-3-7-4/h2-6,8H,7H2,1H3;2-6,8H,7,13H2,1H3;1-4H;2-3H,1H3,(H2,6,7,8). The summed E-state index contributed by atoms with van der Waals surface area (Å²) >= 11 is 0. The van der Waals surface area contributed by atoms with Crippen LogP contribution in [0.5, 0.6) is 0 Å². The highest BCUT2D eigenvalue weighted by Crippen LogP contribution is 2.21. The second kappa shape index (κ2) is 20.7. The topological polar surface area (TPSA) is 318 Å². The first kappa shape index (κ1) is 46.8. The second-order valence-electron chi connectivity index (χ2n) is 11.9. The van der Waals surface area contributed by atoms with Crippen LogP contribution in [0.3, 0.4) is 0 Å². The molecule has 3 heterocycles. The molecule has 0 aliphatic rings. The molecule has 0 bridgehead atoms. The maximum Gasteiger partial charge on any atom is 0.269 e. The minimum atomic E-state index is -3.80. The number of halogens is 1. The first-order valence-corrected chi connectivity index (χ1v) is 22.0.